The lowest BCUT2D eigenvalue weighted by Crippen LogP contribution is -2.32. The van der Waals surface area contributed by atoms with Crippen molar-refractivity contribution >= 4 is 30.9 Å². The third kappa shape index (κ3) is 3.47. The van der Waals surface area contributed by atoms with Gasteiger partial charge < -0.3 is 4.98 Å². The first kappa shape index (κ1) is 20.1. The maximum Gasteiger partial charge on any atom is 0.244 e. The molecule has 1 aromatic heterocycles. The van der Waals surface area contributed by atoms with Crippen molar-refractivity contribution in [2.75, 3.05) is 12.8 Å². The largest absolute Gasteiger partial charge is 0.341 e. The van der Waals surface area contributed by atoms with Crippen molar-refractivity contribution in [2.45, 2.75) is 42.5 Å². The van der Waals surface area contributed by atoms with Crippen molar-refractivity contribution in [1.82, 2.24) is 14.3 Å². The number of benzene rings is 2. The predicted octanol–water partition coefficient (Wildman–Crippen LogP) is 3.11. The summed E-state index contributed by atoms with van der Waals surface area (Å²) in [7, 11) is -7.45. The first-order chi connectivity index (χ1) is 13.6. The number of hydrogen-bond donors (Lipinski definition) is 1. The minimum absolute atomic E-state index is 0.0425. The third-order valence-electron chi connectivity index (χ3n) is 5.37. The number of hydrogen-bond acceptors (Lipinski definition) is 5. The van der Waals surface area contributed by atoms with E-state index in [9.17, 15) is 16.8 Å². The number of para-hydroxylation sites is 2. The second-order valence-electron chi connectivity index (χ2n) is 7.57. The molecule has 154 valence electrons. The lowest BCUT2D eigenvalue weighted by atomic mass is 10.2. The van der Waals surface area contributed by atoms with Crippen molar-refractivity contribution in [3.8, 4) is 0 Å². The quantitative estimate of drug-likeness (QED) is 0.681. The molecular weight excluding hydrogens is 410 g/mol. The summed E-state index contributed by atoms with van der Waals surface area (Å²) in [5.41, 5.74) is 2.50. The maximum absolute atomic E-state index is 13.6. The molecule has 0 spiro atoms. The van der Waals surface area contributed by atoms with Crippen LogP contribution in [0, 0.1) is 13.8 Å². The lowest BCUT2D eigenvalue weighted by molar-refractivity contribution is 0.385. The fourth-order valence-electron chi connectivity index (χ4n) is 4.00. The highest BCUT2D eigenvalue weighted by Crippen LogP contribution is 2.38. The summed E-state index contributed by atoms with van der Waals surface area (Å²) in [5, 5.41) is 0. The number of nitrogens with one attached hydrogen (secondary N) is 1. The molecule has 0 amide bonds. The molecule has 1 aliphatic heterocycles. The highest BCUT2D eigenvalue weighted by Gasteiger charge is 2.39. The first-order valence-corrected chi connectivity index (χ1v) is 12.7. The number of nitrogens with zero attached hydrogens (tertiary/aromatic N) is 2. The van der Waals surface area contributed by atoms with Gasteiger partial charge in [0, 0.05) is 12.8 Å². The minimum atomic E-state index is -3.90. The van der Waals surface area contributed by atoms with Gasteiger partial charge in [-0.25, -0.2) is 21.8 Å². The molecule has 0 saturated carbocycles. The van der Waals surface area contributed by atoms with Crippen LogP contribution in [0.5, 0.6) is 0 Å². The Morgan fingerprint density at radius 2 is 1.76 bits per heavy atom. The van der Waals surface area contributed by atoms with Gasteiger partial charge in [0.15, 0.2) is 9.84 Å². The zero-order chi connectivity index (χ0) is 21.0. The summed E-state index contributed by atoms with van der Waals surface area (Å²) < 4.78 is 52.9. The molecule has 4 rings (SSSR count). The average molecular weight is 434 g/mol. The van der Waals surface area contributed by atoms with Crippen LogP contribution in [0.2, 0.25) is 0 Å². The number of sulfone groups is 1. The molecule has 2 heterocycles. The molecule has 1 fully saturated rings. The third-order valence-corrected chi connectivity index (χ3v) is 8.63. The standard InChI is InChI=1S/C20H23N3O4S2/c1-13-11-18(28(3,24)25)14(2)19(12-13)29(26,27)23-10-6-9-17(23)20-21-15-7-4-5-8-16(15)22-20/h4-5,7-8,11-12,17H,6,9-10H2,1-3H3,(H,21,22). The molecule has 1 atom stereocenters. The highest BCUT2D eigenvalue weighted by atomic mass is 32.2. The molecule has 9 heteroatoms. The Morgan fingerprint density at radius 1 is 1.07 bits per heavy atom. The predicted molar refractivity (Wildman–Crippen MR) is 111 cm³/mol. The van der Waals surface area contributed by atoms with E-state index < -0.39 is 25.9 Å². The van der Waals surface area contributed by atoms with E-state index in [-0.39, 0.29) is 15.4 Å². The van der Waals surface area contributed by atoms with Crippen molar-refractivity contribution < 1.29 is 16.8 Å². The lowest BCUT2D eigenvalue weighted by Gasteiger charge is -2.24. The molecular formula is C20H23N3O4S2. The normalized spacial score (nSPS) is 18.5. The number of H-pyrrole nitrogens is 1. The average Bonchev–Trinajstić information content (AvgIpc) is 3.28. The molecule has 1 N–H and O–H groups in total. The van der Waals surface area contributed by atoms with Crippen molar-refractivity contribution in [3.63, 3.8) is 0 Å². The van der Waals surface area contributed by atoms with Crippen LogP contribution in [0.15, 0.2) is 46.2 Å². The summed E-state index contributed by atoms with van der Waals surface area (Å²) in [5.74, 6) is 0.612. The number of fused-ring (bicyclic) bond motifs is 1. The topological polar surface area (TPSA) is 100 Å². The summed E-state index contributed by atoms with van der Waals surface area (Å²) in [4.78, 5) is 7.92. The van der Waals surface area contributed by atoms with Crippen LogP contribution in [0.1, 0.15) is 35.8 Å². The Kier molecular flexibility index (Phi) is 4.79. The van der Waals surface area contributed by atoms with Crippen LogP contribution in [0.4, 0.5) is 0 Å². The number of imidazole rings is 1. The van der Waals surface area contributed by atoms with E-state index in [0.717, 1.165) is 17.3 Å². The van der Waals surface area contributed by atoms with Crippen LogP contribution in [0.25, 0.3) is 11.0 Å². The van der Waals surface area contributed by atoms with E-state index in [1.807, 2.05) is 24.3 Å². The molecule has 1 aliphatic rings. The van der Waals surface area contributed by atoms with Gasteiger partial charge in [0.25, 0.3) is 0 Å². The van der Waals surface area contributed by atoms with Gasteiger partial charge in [0.2, 0.25) is 10.0 Å². The molecule has 3 aromatic rings. The monoisotopic (exact) mass is 433 g/mol. The first-order valence-electron chi connectivity index (χ1n) is 9.37. The van der Waals surface area contributed by atoms with Gasteiger partial charge >= 0.3 is 0 Å². The highest BCUT2D eigenvalue weighted by molar-refractivity contribution is 7.91. The van der Waals surface area contributed by atoms with E-state index >= 15 is 0 Å². The Hall–Kier alpha value is -2.23. The molecule has 29 heavy (non-hydrogen) atoms. The van der Waals surface area contributed by atoms with E-state index in [1.165, 1.54) is 10.4 Å². The van der Waals surface area contributed by atoms with E-state index in [4.69, 9.17) is 0 Å². The summed E-state index contributed by atoms with van der Waals surface area (Å²) >= 11 is 0. The zero-order valence-electron chi connectivity index (χ0n) is 16.5. The van der Waals surface area contributed by atoms with Crippen LogP contribution >= 0.6 is 0 Å². The Balaban J connectivity index is 1.82. The Labute approximate surface area is 170 Å². The van der Waals surface area contributed by atoms with E-state index in [1.54, 1.807) is 19.9 Å². The van der Waals surface area contributed by atoms with Gasteiger partial charge in [0.1, 0.15) is 5.82 Å². The number of sulfonamides is 1. The van der Waals surface area contributed by atoms with Gasteiger partial charge in [-0.05, 0) is 62.1 Å². The van der Waals surface area contributed by atoms with Gasteiger partial charge in [-0.2, -0.15) is 4.31 Å². The molecule has 0 radical (unpaired) electrons. The second-order valence-corrected chi connectivity index (χ2v) is 11.4. The fraction of sp³-hybridized carbons (Fsp3) is 0.350. The van der Waals surface area contributed by atoms with Crippen LogP contribution in [0.3, 0.4) is 0 Å². The van der Waals surface area contributed by atoms with Crippen LogP contribution in [-0.4, -0.2) is 43.9 Å². The van der Waals surface area contributed by atoms with Crippen molar-refractivity contribution in [2.24, 2.45) is 0 Å². The number of rotatable bonds is 4. The van der Waals surface area contributed by atoms with Gasteiger partial charge in [-0.1, -0.05) is 12.1 Å². The van der Waals surface area contributed by atoms with E-state index in [0.29, 0.717) is 30.8 Å². The van der Waals surface area contributed by atoms with E-state index in [2.05, 4.69) is 9.97 Å². The molecule has 0 aliphatic carbocycles. The molecule has 7 nitrogen and oxygen atoms in total. The van der Waals surface area contributed by atoms with Crippen molar-refractivity contribution in [1.29, 1.82) is 0 Å². The summed E-state index contributed by atoms with van der Waals surface area (Å²) in [6.45, 7) is 3.62. The molecule has 1 saturated heterocycles. The minimum Gasteiger partial charge on any atom is -0.341 e. The van der Waals surface area contributed by atoms with Gasteiger partial charge in [-0.3, -0.25) is 0 Å². The van der Waals surface area contributed by atoms with Gasteiger partial charge in [0.05, 0.1) is 26.9 Å². The fourth-order valence-corrected chi connectivity index (χ4v) is 7.13. The van der Waals surface area contributed by atoms with Gasteiger partial charge in [-0.15, -0.1) is 0 Å². The van der Waals surface area contributed by atoms with Crippen LogP contribution < -0.4 is 0 Å². The van der Waals surface area contributed by atoms with Crippen LogP contribution in [-0.2, 0) is 19.9 Å². The Bertz CT molecular complexity index is 1280. The number of aryl methyl sites for hydroxylation is 1. The molecule has 2 aromatic carbocycles. The molecule has 0 bridgehead atoms. The Morgan fingerprint density at radius 3 is 2.45 bits per heavy atom. The summed E-state index contributed by atoms with van der Waals surface area (Å²) in [6.07, 6.45) is 2.46. The SMILES string of the molecule is Cc1cc(S(C)(=O)=O)c(C)c(S(=O)(=O)N2CCCC2c2nc3ccccc3[nH]2)c1. The molecule has 1 unspecified atom stereocenters. The zero-order valence-corrected chi connectivity index (χ0v) is 18.1. The number of aromatic amines is 1. The number of aromatic nitrogens is 2. The second kappa shape index (κ2) is 6.93. The van der Waals surface area contributed by atoms with Crippen molar-refractivity contribution in [3.05, 3.63) is 53.3 Å². The maximum atomic E-state index is 13.6. The summed E-state index contributed by atoms with van der Waals surface area (Å²) in [6, 6.07) is 10.2. The smallest absolute Gasteiger partial charge is 0.244 e.